The standard InChI is InChI=1S/C16H26O6/c1-2-19-16(18)9-14-10(17)8-15-13(21-14)6-5-11-12(22-15)4-3-7-20-11/h10-15,17H,2-9H2,1H3/t10-,11+,12-,13-,14+,15+/m0/s1. The van der Waals surface area contributed by atoms with Crippen molar-refractivity contribution in [2.45, 2.75) is 82.1 Å². The van der Waals surface area contributed by atoms with Gasteiger partial charge in [-0.25, -0.2) is 0 Å². The molecule has 0 spiro atoms. The lowest BCUT2D eigenvalue weighted by Gasteiger charge is -2.39. The summed E-state index contributed by atoms with van der Waals surface area (Å²) in [5, 5.41) is 10.3. The Hall–Kier alpha value is -0.690. The van der Waals surface area contributed by atoms with Gasteiger partial charge in [-0.15, -0.1) is 0 Å². The van der Waals surface area contributed by atoms with E-state index in [2.05, 4.69) is 0 Å². The molecular weight excluding hydrogens is 288 g/mol. The number of carbonyl (C=O) groups excluding carboxylic acids is 1. The molecule has 6 atom stereocenters. The predicted octanol–water partition coefficient (Wildman–Crippen LogP) is 1.18. The highest BCUT2D eigenvalue weighted by Gasteiger charge is 2.43. The summed E-state index contributed by atoms with van der Waals surface area (Å²) in [4.78, 5) is 11.6. The first-order chi connectivity index (χ1) is 10.7. The Morgan fingerprint density at radius 3 is 2.73 bits per heavy atom. The molecule has 3 rings (SSSR count). The Labute approximate surface area is 131 Å². The Morgan fingerprint density at radius 2 is 1.91 bits per heavy atom. The van der Waals surface area contributed by atoms with Crippen LogP contribution in [0.2, 0.25) is 0 Å². The highest BCUT2D eigenvalue weighted by molar-refractivity contribution is 5.70. The molecule has 0 radical (unpaired) electrons. The minimum atomic E-state index is -0.688. The van der Waals surface area contributed by atoms with E-state index in [1.807, 2.05) is 0 Å². The summed E-state index contributed by atoms with van der Waals surface area (Å²) in [6.07, 6.45) is 3.29. The van der Waals surface area contributed by atoms with Crippen molar-refractivity contribution >= 4 is 5.97 Å². The molecule has 3 heterocycles. The molecule has 3 aliphatic heterocycles. The molecule has 0 bridgehead atoms. The molecule has 0 amide bonds. The lowest BCUT2D eigenvalue weighted by Crippen LogP contribution is -2.49. The molecular formula is C16H26O6. The SMILES string of the molecule is CCOC(=O)C[C@H]1O[C@H]2CC[C@H]3OCCC[C@@H]3O[C@@H]2C[C@@H]1O. The number of hydrogen-bond acceptors (Lipinski definition) is 6. The van der Waals surface area contributed by atoms with E-state index in [9.17, 15) is 9.90 Å². The number of aliphatic hydroxyl groups is 1. The Balaban J connectivity index is 1.61. The van der Waals surface area contributed by atoms with Crippen molar-refractivity contribution < 1.29 is 28.8 Å². The summed E-state index contributed by atoms with van der Waals surface area (Å²) in [5.74, 6) is -0.323. The molecule has 0 saturated carbocycles. The van der Waals surface area contributed by atoms with Crippen molar-refractivity contribution in [1.29, 1.82) is 0 Å². The molecule has 22 heavy (non-hydrogen) atoms. The van der Waals surface area contributed by atoms with E-state index in [1.165, 1.54) is 0 Å². The lowest BCUT2D eigenvalue weighted by atomic mass is 9.94. The van der Waals surface area contributed by atoms with E-state index < -0.39 is 12.2 Å². The molecule has 0 unspecified atom stereocenters. The fourth-order valence-electron chi connectivity index (χ4n) is 3.70. The zero-order chi connectivity index (χ0) is 15.5. The minimum absolute atomic E-state index is 0.0722. The minimum Gasteiger partial charge on any atom is -0.466 e. The van der Waals surface area contributed by atoms with E-state index in [0.29, 0.717) is 13.0 Å². The van der Waals surface area contributed by atoms with Gasteiger partial charge in [0.25, 0.3) is 0 Å². The van der Waals surface area contributed by atoms with Crippen molar-refractivity contribution in [1.82, 2.24) is 0 Å². The first kappa shape index (κ1) is 16.2. The van der Waals surface area contributed by atoms with Crippen LogP contribution >= 0.6 is 0 Å². The predicted molar refractivity (Wildman–Crippen MR) is 77.4 cm³/mol. The second kappa shape index (κ2) is 7.25. The summed E-state index contributed by atoms with van der Waals surface area (Å²) < 4.78 is 22.9. The van der Waals surface area contributed by atoms with Crippen molar-refractivity contribution in [2.75, 3.05) is 13.2 Å². The second-order valence-electron chi connectivity index (χ2n) is 6.37. The molecule has 0 aromatic rings. The van der Waals surface area contributed by atoms with E-state index >= 15 is 0 Å². The van der Waals surface area contributed by atoms with Gasteiger partial charge in [0.2, 0.25) is 0 Å². The van der Waals surface area contributed by atoms with Crippen LogP contribution < -0.4 is 0 Å². The molecule has 3 saturated heterocycles. The smallest absolute Gasteiger partial charge is 0.308 e. The zero-order valence-corrected chi connectivity index (χ0v) is 13.1. The largest absolute Gasteiger partial charge is 0.466 e. The van der Waals surface area contributed by atoms with Gasteiger partial charge in [-0.1, -0.05) is 0 Å². The highest BCUT2D eigenvalue weighted by Crippen LogP contribution is 2.35. The molecule has 6 nitrogen and oxygen atoms in total. The summed E-state index contributed by atoms with van der Waals surface area (Å²) in [6.45, 7) is 2.92. The third-order valence-electron chi connectivity index (χ3n) is 4.81. The Kier molecular flexibility index (Phi) is 5.33. The average molecular weight is 314 g/mol. The number of carbonyl (C=O) groups is 1. The summed E-state index contributed by atoms with van der Waals surface area (Å²) >= 11 is 0. The molecule has 3 fully saturated rings. The van der Waals surface area contributed by atoms with Crippen LogP contribution in [0, 0.1) is 0 Å². The van der Waals surface area contributed by atoms with Gasteiger partial charge < -0.3 is 24.1 Å². The van der Waals surface area contributed by atoms with Gasteiger partial charge in [-0.3, -0.25) is 4.79 Å². The maximum atomic E-state index is 11.6. The van der Waals surface area contributed by atoms with Crippen molar-refractivity contribution in [3.8, 4) is 0 Å². The van der Waals surface area contributed by atoms with Crippen molar-refractivity contribution in [2.24, 2.45) is 0 Å². The van der Waals surface area contributed by atoms with Crippen LogP contribution in [0.25, 0.3) is 0 Å². The average Bonchev–Trinajstić information content (AvgIpc) is 2.67. The number of hydrogen-bond donors (Lipinski definition) is 1. The van der Waals surface area contributed by atoms with Gasteiger partial charge in [0, 0.05) is 13.0 Å². The molecule has 0 aromatic carbocycles. The van der Waals surface area contributed by atoms with E-state index in [0.717, 1.165) is 32.3 Å². The maximum Gasteiger partial charge on any atom is 0.308 e. The van der Waals surface area contributed by atoms with Gasteiger partial charge in [0.05, 0.1) is 49.7 Å². The number of ether oxygens (including phenoxy) is 4. The van der Waals surface area contributed by atoms with Crippen LogP contribution in [-0.2, 0) is 23.7 Å². The van der Waals surface area contributed by atoms with Crippen LogP contribution in [0.5, 0.6) is 0 Å². The van der Waals surface area contributed by atoms with Crippen LogP contribution in [0.3, 0.4) is 0 Å². The molecule has 6 heteroatoms. The van der Waals surface area contributed by atoms with Gasteiger partial charge in [-0.05, 0) is 32.6 Å². The third-order valence-corrected chi connectivity index (χ3v) is 4.81. The first-order valence-electron chi connectivity index (χ1n) is 8.43. The summed E-state index contributed by atoms with van der Waals surface area (Å²) in [7, 11) is 0. The Bertz CT molecular complexity index is 387. The number of aliphatic hydroxyl groups excluding tert-OH is 1. The molecule has 1 N–H and O–H groups in total. The van der Waals surface area contributed by atoms with Crippen LogP contribution in [0.4, 0.5) is 0 Å². The number of esters is 1. The molecule has 126 valence electrons. The van der Waals surface area contributed by atoms with Gasteiger partial charge >= 0.3 is 5.97 Å². The monoisotopic (exact) mass is 314 g/mol. The molecule has 3 aliphatic rings. The maximum absolute atomic E-state index is 11.6. The highest BCUT2D eigenvalue weighted by atomic mass is 16.6. The van der Waals surface area contributed by atoms with E-state index in [-0.39, 0.29) is 36.8 Å². The fourth-order valence-corrected chi connectivity index (χ4v) is 3.70. The Morgan fingerprint density at radius 1 is 1.14 bits per heavy atom. The van der Waals surface area contributed by atoms with Crippen LogP contribution in [0.1, 0.15) is 45.4 Å². The van der Waals surface area contributed by atoms with E-state index in [1.54, 1.807) is 6.92 Å². The van der Waals surface area contributed by atoms with Crippen molar-refractivity contribution in [3.05, 3.63) is 0 Å². The topological polar surface area (TPSA) is 74.2 Å². The lowest BCUT2D eigenvalue weighted by molar-refractivity contribution is -0.205. The fraction of sp³-hybridized carbons (Fsp3) is 0.938. The van der Waals surface area contributed by atoms with Gasteiger partial charge in [0.15, 0.2) is 0 Å². The van der Waals surface area contributed by atoms with Gasteiger partial charge in [-0.2, -0.15) is 0 Å². The molecule has 0 aromatic heterocycles. The quantitative estimate of drug-likeness (QED) is 0.789. The first-order valence-corrected chi connectivity index (χ1v) is 8.43. The summed E-state index contributed by atoms with van der Waals surface area (Å²) in [6, 6.07) is 0. The second-order valence-corrected chi connectivity index (χ2v) is 6.37. The molecule has 0 aliphatic carbocycles. The zero-order valence-electron chi connectivity index (χ0n) is 13.1. The van der Waals surface area contributed by atoms with Crippen LogP contribution in [-0.4, -0.2) is 60.9 Å². The number of fused-ring (bicyclic) bond motifs is 2. The van der Waals surface area contributed by atoms with Crippen molar-refractivity contribution in [3.63, 3.8) is 0 Å². The summed E-state index contributed by atoms with van der Waals surface area (Å²) in [5.41, 5.74) is 0. The van der Waals surface area contributed by atoms with Gasteiger partial charge in [0.1, 0.15) is 0 Å². The number of rotatable bonds is 3. The third kappa shape index (κ3) is 3.62. The normalized spacial score (nSPS) is 41.9. The van der Waals surface area contributed by atoms with E-state index in [4.69, 9.17) is 18.9 Å². The van der Waals surface area contributed by atoms with Crippen LogP contribution in [0.15, 0.2) is 0 Å².